The number of hydrogen-bond acceptors (Lipinski definition) is 5. The normalized spacial score (nSPS) is 26.9. The predicted molar refractivity (Wildman–Crippen MR) is 63.3 cm³/mol. The van der Waals surface area contributed by atoms with Gasteiger partial charge in [0, 0.05) is 25.7 Å². The molecule has 1 aromatic rings. The fourth-order valence-corrected chi connectivity index (χ4v) is 3.30. The summed E-state index contributed by atoms with van der Waals surface area (Å²) in [6.07, 6.45) is 4.47. The van der Waals surface area contributed by atoms with Crippen molar-refractivity contribution in [2.45, 2.75) is 18.9 Å². The number of nitrogen functional groups attached to an aromatic ring is 1. The lowest BCUT2D eigenvalue weighted by atomic mass is 10.2. The summed E-state index contributed by atoms with van der Waals surface area (Å²) in [5, 5.41) is 1.91. The molecule has 5 heteroatoms. The number of rotatable bonds is 1. The van der Waals surface area contributed by atoms with E-state index >= 15 is 0 Å². The van der Waals surface area contributed by atoms with Gasteiger partial charge in [-0.2, -0.15) is 0 Å². The quantitative estimate of drug-likeness (QED) is 0.773. The number of thiazole rings is 1. The van der Waals surface area contributed by atoms with Crippen molar-refractivity contribution in [3.63, 3.8) is 0 Å². The van der Waals surface area contributed by atoms with Gasteiger partial charge in [-0.3, -0.25) is 4.90 Å². The number of nitrogens with two attached hydrogens (primary N) is 1. The molecule has 82 valence electrons. The predicted octanol–water partition coefficient (Wildman–Crippen LogP) is 1.01. The highest BCUT2D eigenvalue weighted by Gasteiger charge is 2.31. The monoisotopic (exact) mass is 224 g/mol. The summed E-state index contributed by atoms with van der Waals surface area (Å²) in [7, 11) is 0. The molecule has 0 spiro atoms. The molecule has 0 aromatic carbocycles. The second kappa shape index (κ2) is 3.64. The highest BCUT2D eigenvalue weighted by atomic mass is 32.1. The number of anilines is 2. The van der Waals surface area contributed by atoms with Crippen LogP contribution in [0.15, 0.2) is 6.20 Å². The van der Waals surface area contributed by atoms with E-state index in [0.29, 0.717) is 0 Å². The Kier molecular flexibility index (Phi) is 2.29. The first-order valence-corrected chi connectivity index (χ1v) is 6.35. The topological polar surface area (TPSA) is 45.4 Å². The van der Waals surface area contributed by atoms with Crippen molar-refractivity contribution in [3.05, 3.63) is 6.20 Å². The molecule has 0 aliphatic carbocycles. The first kappa shape index (κ1) is 9.42. The fourth-order valence-electron chi connectivity index (χ4n) is 2.59. The third-order valence-corrected chi connectivity index (χ3v) is 4.26. The Labute approximate surface area is 93.7 Å². The highest BCUT2D eigenvalue weighted by molar-refractivity contribution is 7.19. The van der Waals surface area contributed by atoms with Crippen LogP contribution in [0.25, 0.3) is 0 Å². The molecule has 3 heterocycles. The Morgan fingerprint density at radius 3 is 3.13 bits per heavy atom. The molecule has 2 aliphatic rings. The molecular formula is C10H16N4S. The average Bonchev–Trinajstić information content (AvgIpc) is 2.84. The Hall–Kier alpha value is -0.810. The van der Waals surface area contributed by atoms with Gasteiger partial charge in [0.1, 0.15) is 5.00 Å². The average molecular weight is 224 g/mol. The van der Waals surface area contributed by atoms with Gasteiger partial charge in [-0.05, 0) is 19.4 Å². The summed E-state index contributed by atoms with van der Waals surface area (Å²) in [5.41, 5.74) is 5.71. The Morgan fingerprint density at radius 2 is 2.33 bits per heavy atom. The van der Waals surface area contributed by atoms with E-state index in [1.54, 1.807) is 17.5 Å². The maximum Gasteiger partial charge on any atom is 0.187 e. The van der Waals surface area contributed by atoms with E-state index in [4.69, 9.17) is 5.73 Å². The third-order valence-electron chi connectivity index (χ3n) is 3.37. The van der Waals surface area contributed by atoms with Gasteiger partial charge < -0.3 is 10.6 Å². The molecule has 2 N–H and O–H groups in total. The van der Waals surface area contributed by atoms with Crippen molar-refractivity contribution >= 4 is 21.5 Å². The summed E-state index contributed by atoms with van der Waals surface area (Å²) < 4.78 is 0. The molecular weight excluding hydrogens is 208 g/mol. The van der Waals surface area contributed by atoms with Crippen LogP contribution in [0.1, 0.15) is 12.8 Å². The van der Waals surface area contributed by atoms with Crippen LogP contribution in [-0.2, 0) is 0 Å². The molecule has 1 aromatic heterocycles. The van der Waals surface area contributed by atoms with Gasteiger partial charge in [-0.25, -0.2) is 4.98 Å². The largest absolute Gasteiger partial charge is 0.389 e. The van der Waals surface area contributed by atoms with Gasteiger partial charge in [0.2, 0.25) is 0 Å². The number of fused-ring (bicyclic) bond motifs is 1. The molecule has 0 saturated carbocycles. The second-order valence-electron chi connectivity index (χ2n) is 4.32. The minimum absolute atomic E-state index is 0.754. The summed E-state index contributed by atoms with van der Waals surface area (Å²) in [6.45, 7) is 4.71. The van der Waals surface area contributed by atoms with Crippen molar-refractivity contribution in [2.24, 2.45) is 0 Å². The lowest BCUT2D eigenvalue weighted by molar-refractivity contribution is 0.231. The second-order valence-corrected chi connectivity index (χ2v) is 5.36. The van der Waals surface area contributed by atoms with E-state index in [1.807, 2.05) is 0 Å². The van der Waals surface area contributed by atoms with Crippen LogP contribution in [0, 0.1) is 0 Å². The third kappa shape index (κ3) is 1.70. The lowest BCUT2D eigenvalue weighted by Crippen LogP contribution is -2.50. The smallest absolute Gasteiger partial charge is 0.187 e. The standard InChI is InChI=1S/C10H16N4S/c11-9-6-12-10(15-9)14-5-4-13-3-1-2-8(13)7-14/h6,8H,1-5,7,11H2. The Balaban J connectivity index is 1.73. The molecule has 4 nitrogen and oxygen atoms in total. The van der Waals surface area contributed by atoms with Gasteiger partial charge in [0.05, 0.1) is 6.20 Å². The Morgan fingerprint density at radius 1 is 1.40 bits per heavy atom. The van der Waals surface area contributed by atoms with Crippen LogP contribution in [0.5, 0.6) is 0 Å². The Bertz CT molecular complexity index is 351. The lowest BCUT2D eigenvalue weighted by Gasteiger charge is -2.37. The van der Waals surface area contributed by atoms with E-state index in [-0.39, 0.29) is 0 Å². The zero-order valence-corrected chi connectivity index (χ0v) is 9.54. The zero-order chi connectivity index (χ0) is 10.3. The van der Waals surface area contributed by atoms with E-state index in [9.17, 15) is 0 Å². The first-order chi connectivity index (χ1) is 7.33. The molecule has 0 bridgehead atoms. The van der Waals surface area contributed by atoms with Crippen molar-refractivity contribution < 1.29 is 0 Å². The van der Waals surface area contributed by atoms with Crippen molar-refractivity contribution in [1.29, 1.82) is 0 Å². The van der Waals surface area contributed by atoms with Crippen LogP contribution in [-0.4, -0.2) is 42.1 Å². The molecule has 0 amide bonds. The zero-order valence-electron chi connectivity index (χ0n) is 8.72. The molecule has 1 atom stereocenters. The maximum absolute atomic E-state index is 5.71. The molecule has 2 saturated heterocycles. The maximum atomic E-state index is 5.71. The van der Waals surface area contributed by atoms with Crippen molar-refractivity contribution in [2.75, 3.05) is 36.8 Å². The van der Waals surface area contributed by atoms with Crippen LogP contribution in [0.4, 0.5) is 10.1 Å². The molecule has 1 unspecified atom stereocenters. The van der Waals surface area contributed by atoms with Gasteiger partial charge >= 0.3 is 0 Å². The van der Waals surface area contributed by atoms with Crippen LogP contribution in [0.3, 0.4) is 0 Å². The van der Waals surface area contributed by atoms with Crippen LogP contribution < -0.4 is 10.6 Å². The van der Waals surface area contributed by atoms with Gasteiger partial charge in [-0.1, -0.05) is 11.3 Å². The summed E-state index contributed by atoms with van der Waals surface area (Å²) in [5.74, 6) is 0. The SMILES string of the molecule is Nc1cnc(N2CCN3CCCC3C2)s1. The highest BCUT2D eigenvalue weighted by Crippen LogP contribution is 2.29. The number of piperazine rings is 1. The number of nitrogens with zero attached hydrogens (tertiary/aromatic N) is 3. The van der Waals surface area contributed by atoms with Gasteiger partial charge in [0.15, 0.2) is 5.13 Å². The summed E-state index contributed by atoms with van der Waals surface area (Å²) in [6, 6.07) is 0.754. The molecule has 15 heavy (non-hydrogen) atoms. The van der Waals surface area contributed by atoms with Crippen LogP contribution in [0.2, 0.25) is 0 Å². The molecule has 2 aliphatic heterocycles. The first-order valence-electron chi connectivity index (χ1n) is 5.53. The number of hydrogen-bond donors (Lipinski definition) is 1. The summed E-state index contributed by atoms with van der Waals surface area (Å²) >= 11 is 1.60. The van der Waals surface area contributed by atoms with Crippen molar-refractivity contribution in [1.82, 2.24) is 9.88 Å². The molecule has 3 rings (SSSR count). The molecule has 0 radical (unpaired) electrons. The minimum atomic E-state index is 0.754. The fraction of sp³-hybridized carbons (Fsp3) is 0.700. The summed E-state index contributed by atoms with van der Waals surface area (Å²) in [4.78, 5) is 9.34. The van der Waals surface area contributed by atoms with E-state index in [2.05, 4.69) is 14.8 Å². The van der Waals surface area contributed by atoms with E-state index in [0.717, 1.165) is 29.3 Å². The van der Waals surface area contributed by atoms with Crippen LogP contribution >= 0.6 is 11.3 Å². The number of aromatic nitrogens is 1. The van der Waals surface area contributed by atoms with Gasteiger partial charge in [-0.15, -0.1) is 0 Å². The van der Waals surface area contributed by atoms with Crippen molar-refractivity contribution in [3.8, 4) is 0 Å². The molecule has 2 fully saturated rings. The van der Waals surface area contributed by atoms with E-state index in [1.165, 1.54) is 25.9 Å². The van der Waals surface area contributed by atoms with E-state index < -0.39 is 0 Å². The van der Waals surface area contributed by atoms with Gasteiger partial charge in [0.25, 0.3) is 0 Å². The minimum Gasteiger partial charge on any atom is -0.389 e.